The van der Waals surface area contributed by atoms with Gasteiger partial charge in [-0.3, -0.25) is 4.90 Å². The second-order valence-corrected chi connectivity index (χ2v) is 7.04. The van der Waals surface area contributed by atoms with Crippen LogP contribution >= 0.6 is 11.3 Å². The number of morpholine rings is 1. The predicted molar refractivity (Wildman–Crippen MR) is 88.1 cm³/mol. The molecular formula is C15H26N4O2S. The van der Waals surface area contributed by atoms with Crippen molar-refractivity contribution in [2.75, 3.05) is 19.6 Å². The summed E-state index contributed by atoms with van der Waals surface area (Å²) in [6.07, 6.45) is 0.487. The van der Waals surface area contributed by atoms with E-state index in [-0.39, 0.29) is 18.2 Å². The molecule has 22 heavy (non-hydrogen) atoms. The summed E-state index contributed by atoms with van der Waals surface area (Å²) in [6, 6.07) is 0.146. The molecule has 2 rings (SSSR count). The van der Waals surface area contributed by atoms with Crippen LogP contribution in [0.5, 0.6) is 0 Å². The van der Waals surface area contributed by atoms with Crippen molar-refractivity contribution in [3.05, 3.63) is 16.1 Å². The van der Waals surface area contributed by atoms with Gasteiger partial charge in [0.1, 0.15) is 0 Å². The number of nitrogens with zero attached hydrogens (tertiary/aromatic N) is 2. The Hall–Kier alpha value is -1.18. The highest BCUT2D eigenvalue weighted by molar-refractivity contribution is 7.09. The molecule has 0 radical (unpaired) electrons. The number of hydrogen-bond donors (Lipinski definition) is 2. The highest BCUT2D eigenvalue weighted by atomic mass is 32.1. The number of urea groups is 1. The van der Waals surface area contributed by atoms with E-state index in [9.17, 15) is 4.79 Å². The van der Waals surface area contributed by atoms with Crippen LogP contribution < -0.4 is 10.6 Å². The third-order valence-electron chi connectivity index (χ3n) is 3.73. The van der Waals surface area contributed by atoms with Gasteiger partial charge < -0.3 is 15.4 Å². The van der Waals surface area contributed by atoms with Crippen LogP contribution in [-0.4, -0.2) is 53.8 Å². The molecule has 1 aromatic rings. The molecule has 2 heterocycles. The topological polar surface area (TPSA) is 66.5 Å². The van der Waals surface area contributed by atoms with Gasteiger partial charge in [0.25, 0.3) is 0 Å². The summed E-state index contributed by atoms with van der Waals surface area (Å²) in [5.74, 6) is 0. The van der Waals surface area contributed by atoms with Gasteiger partial charge in [-0.1, -0.05) is 0 Å². The molecule has 0 aromatic carbocycles. The number of ether oxygens (including phenoxy) is 1. The van der Waals surface area contributed by atoms with E-state index >= 15 is 0 Å². The van der Waals surface area contributed by atoms with Crippen LogP contribution in [0.2, 0.25) is 0 Å². The monoisotopic (exact) mass is 326 g/mol. The zero-order valence-electron chi connectivity index (χ0n) is 13.8. The van der Waals surface area contributed by atoms with E-state index in [1.54, 1.807) is 11.3 Å². The summed E-state index contributed by atoms with van der Waals surface area (Å²) in [4.78, 5) is 18.5. The minimum Gasteiger partial charge on any atom is -0.373 e. The zero-order chi connectivity index (χ0) is 16.1. The summed E-state index contributed by atoms with van der Waals surface area (Å²) >= 11 is 1.59. The lowest BCUT2D eigenvalue weighted by atomic mass is 10.2. The van der Waals surface area contributed by atoms with Crippen LogP contribution in [0.1, 0.15) is 31.5 Å². The number of nitrogens with one attached hydrogen (secondary N) is 2. The van der Waals surface area contributed by atoms with Gasteiger partial charge in [0.2, 0.25) is 0 Å². The molecule has 0 aliphatic carbocycles. The molecule has 0 unspecified atom stereocenters. The van der Waals surface area contributed by atoms with Crippen molar-refractivity contribution in [1.82, 2.24) is 20.5 Å². The average Bonchev–Trinajstić information content (AvgIpc) is 2.87. The van der Waals surface area contributed by atoms with E-state index in [4.69, 9.17) is 4.74 Å². The maximum absolute atomic E-state index is 11.8. The third-order valence-corrected chi connectivity index (χ3v) is 4.55. The molecule has 7 heteroatoms. The van der Waals surface area contributed by atoms with Gasteiger partial charge in [-0.05, 0) is 27.7 Å². The first-order valence-corrected chi connectivity index (χ1v) is 8.64. The Labute approximate surface area is 136 Å². The molecule has 2 amide bonds. The van der Waals surface area contributed by atoms with Gasteiger partial charge in [0, 0.05) is 31.1 Å². The van der Waals surface area contributed by atoms with Crippen molar-refractivity contribution in [3.8, 4) is 0 Å². The quantitative estimate of drug-likeness (QED) is 0.865. The lowest BCUT2D eigenvalue weighted by Gasteiger charge is -2.38. The predicted octanol–water partition coefficient (Wildman–Crippen LogP) is 1.75. The number of carbonyl (C=O) groups is 1. The Morgan fingerprint density at radius 3 is 2.73 bits per heavy atom. The van der Waals surface area contributed by atoms with Gasteiger partial charge in [-0.2, -0.15) is 0 Å². The van der Waals surface area contributed by atoms with Crippen LogP contribution in [0.3, 0.4) is 0 Å². The van der Waals surface area contributed by atoms with Gasteiger partial charge >= 0.3 is 6.03 Å². The van der Waals surface area contributed by atoms with Crippen LogP contribution in [0.4, 0.5) is 4.79 Å². The number of aryl methyl sites for hydroxylation is 1. The largest absolute Gasteiger partial charge is 0.373 e. The normalized spacial score (nSPS) is 24.0. The fraction of sp³-hybridized carbons (Fsp3) is 0.733. The van der Waals surface area contributed by atoms with Crippen molar-refractivity contribution in [1.29, 1.82) is 0 Å². The maximum Gasteiger partial charge on any atom is 0.315 e. The average molecular weight is 326 g/mol. The molecule has 0 saturated carbocycles. The van der Waals surface area contributed by atoms with Crippen molar-refractivity contribution < 1.29 is 9.53 Å². The third kappa shape index (κ3) is 5.23. The smallest absolute Gasteiger partial charge is 0.315 e. The van der Waals surface area contributed by atoms with Crippen molar-refractivity contribution in [2.45, 2.75) is 52.5 Å². The molecule has 1 saturated heterocycles. The van der Waals surface area contributed by atoms with Crippen molar-refractivity contribution in [2.24, 2.45) is 0 Å². The number of hydrogen-bond acceptors (Lipinski definition) is 5. The summed E-state index contributed by atoms with van der Waals surface area (Å²) in [6.45, 7) is 11.2. The molecule has 0 bridgehead atoms. The number of thiazole rings is 1. The van der Waals surface area contributed by atoms with Crippen molar-refractivity contribution in [3.63, 3.8) is 0 Å². The highest BCUT2D eigenvalue weighted by Gasteiger charge is 2.25. The number of carbonyl (C=O) groups excluding carboxylic acids is 1. The zero-order valence-corrected chi connectivity index (χ0v) is 14.6. The highest BCUT2D eigenvalue weighted by Crippen LogP contribution is 2.13. The molecule has 1 aromatic heterocycles. The summed E-state index contributed by atoms with van der Waals surface area (Å²) in [7, 11) is 0. The first-order valence-electron chi connectivity index (χ1n) is 7.76. The molecule has 1 fully saturated rings. The minimum absolute atomic E-state index is 0.146. The SMILES string of the molecule is Cc1nc(CNC(=O)NC[C@H](C)N2C[C@H](C)O[C@@H](C)C2)cs1. The van der Waals surface area contributed by atoms with E-state index in [0.29, 0.717) is 19.1 Å². The molecule has 1 aliphatic rings. The second kappa shape index (κ2) is 7.89. The molecule has 2 N–H and O–H groups in total. The molecular weight excluding hydrogens is 300 g/mol. The standard InChI is InChI=1S/C15H26N4O2S/c1-10(19-7-11(2)21-12(3)8-19)5-16-15(20)17-6-14-9-22-13(4)18-14/h9-12H,5-8H2,1-4H3,(H2,16,17,20)/t10-,11-,12-/m0/s1. The van der Waals surface area contributed by atoms with Crippen LogP contribution in [0, 0.1) is 6.92 Å². The molecule has 124 valence electrons. The number of amides is 2. The van der Waals surface area contributed by atoms with Gasteiger partial charge in [0.05, 0.1) is 29.5 Å². The van der Waals surface area contributed by atoms with Crippen molar-refractivity contribution >= 4 is 17.4 Å². The Morgan fingerprint density at radius 2 is 2.14 bits per heavy atom. The molecule has 1 aliphatic heterocycles. The fourth-order valence-corrected chi connectivity index (χ4v) is 3.28. The van der Waals surface area contributed by atoms with Crippen LogP contribution in [-0.2, 0) is 11.3 Å². The Balaban J connectivity index is 1.69. The minimum atomic E-state index is -0.146. The first kappa shape index (κ1) is 17.2. The lowest BCUT2D eigenvalue weighted by Crippen LogP contribution is -2.52. The van der Waals surface area contributed by atoms with Crippen LogP contribution in [0.25, 0.3) is 0 Å². The molecule has 6 nitrogen and oxygen atoms in total. The van der Waals surface area contributed by atoms with Gasteiger partial charge in [-0.15, -0.1) is 11.3 Å². The van der Waals surface area contributed by atoms with E-state index in [1.807, 2.05) is 12.3 Å². The Bertz CT molecular complexity index is 484. The van der Waals surface area contributed by atoms with E-state index in [1.165, 1.54) is 0 Å². The summed E-state index contributed by atoms with van der Waals surface area (Å²) in [5, 5.41) is 8.75. The van der Waals surface area contributed by atoms with Crippen LogP contribution in [0.15, 0.2) is 5.38 Å². The van der Waals surface area contributed by atoms with Gasteiger partial charge in [-0.25, -0.2) is 9.78 Å². The first-order chi connectivity index (χ1) is 10.4. The van der Waals surface area contributed by atoms with E-state index in [2.05, 4.69) is 41.3 Å². The second-order valence-electron chi connectivity index (χ2n) is 5.98. The Kier molecular flexibility index (Phi) is 6.16. The van der Waals surface area contributed by atoms with Gasteiger partial charge in [0.15, 0.2) is 0 Å². The summed E-state index contributed by atoms with van der Waals surface area (Å²) < 4.78 is 5.73. The lowest BCUT2D eigenvalue weighted by molar-refractivity contribution is -0.0778. The van der Waals surface area contributed by atoms with E-state index < -0.39 is 0 Å². The Morgan fingerprint density at radius 1 is 1.45 bits per heavy atom. The number of aromatic nitrogens is 1. The van der Waals surface area contributed by atoms with E-state index in [0.717, 1.165) is 23.8 Å². The molecule has 3 atom stereocenters. The fourth-order valence-electron chi connectivity index (χ4n) is 2.67. The molecule has 0 spiro atoms. The summed E-state index contributed by atoms with van der Waals surface area (Å²) in [5.41, 5.74) is 0.904. The number of rotatable bonds is 5. The maximum atomic E-state index is 11.8.